The molecule has 1 aromatic heterocycles. The predicted octanol–water partition coefficient (Wildman–Crippen LogP) is 3.62. The molecule has 0 spiro atoms. The average Bonchev–Trinajstić information content (AvgIpc) is 2.49. The maximum Gasteiger partial charge on any atom is 0.150 e. The van der Waals surface area contributed by atoms with Crippen molar-refractivity contribution >= 4 is 16.6 Å². The third kappa shape index (κ3) is 2.23. The number of fused-ring (bicyclic) bond motifs is 1. The number of nitrogens with zero attached hydrogens (tertiary/aromatic N) is 1. The Morgan fingerprint density at radius 2 is 1.85 bits per heavy atom. The molecule has 0 fully saturated rings. The number of hydrogen-bond donors (Lipinski definition) is 1. The Balaban J connectivity index is 2.01. The molecular weight excluding hydrogens is 252 g/mol. The third-order valence-corrected chi connectivity index (χ3v) is 3.05. The lowest BCUT2D eigenvalue weighted by Gasteiger charge is -2.11. The highest BCUT2D eigenvalue weighted by atomic mass is 16.5. The summed E-state index contributed by atoms with van der Waals surface area (Å²) >= 11 is 0. The van der Waals surface area contributed by atoms with Gasteiger partial charge >= 0.3 is 0 Å². The maximum atomic E-state index is 5.97. The van der Waals surface area contributed by atoms with Crippen molar-refractivity contribution in [2.45, 2.75) is 0 Å². The summed E-state index contributed by atoms with van der Waals surface area (Å²) in [5.41, 5.74) is 7.39. The van der Waals surface area contributed by atoms with E-state index in [1.807, 2.05) is 36.4 Å². The van der Waals surface area contributed by atoms with Gasteiger partial charge in [-0.25, -0.2) is 0 Å². The summed E-state index contributed by atoms with van der Waals surface area (Å²) in [6, 6.07) is 15.0. The SMILES string of the molecule is COc1ccc(Oc2ccnc3ccccc23)c(N)c1. The fourth-order valence-corrected chi connectivity index (χ4v) is 2.02. The Kier molecular flexibility index (Phi) is 3.13. The molecule has 0 saturated carbocycles. The van der Waals surface area contributed by atoms with E-state index in [1.54, 1.807) is 25.4 Å². The molecule has 0 aliphatic heterocycles. The molecular formula is C16H14N2O2. The molecule has 20 heavy (non-hydrogen) atoms. The van der Waals surface area contributed by atoms with E-state index < -0.39 is 0 Å². The lowest BCUT2D eigenvalue weighted by molar-refractivity contribution is 0.413. The van der Waals surface area contributed by atoms with E-state index in [-0.39, 0.29) is 0 Å². The molecule has 100 valence electrons. The molecule has 4 heteroatoms. The first-order valence-corrected chi connectivity index (χ1v) is 6.23. The van der Waals surface area contributed by atoms with Gasteiger partial charge in [0.2, 0.25) is 0 Å². The van der Waals surface area contributed by atoms with Crippen LogP contribution < -0.4 is 15.2 Å². The van der Waals surface area contributed by atoms with Gasteiger partial charge in [0.1, 0.15) is 11.5 Å². The van der Waals surface area contributed by atoms with Crippen molar-refractivity contribution in [3.63, 3.8) is 0 Å². The second-order valence-corrected chi connectivity index (χ2v) is 4.33. The zero-order valence-corrected chi connectivity index (χ0v) is 11.0. The second-order valence-electron chi connectivity index (χ2n) is 4.33. The van der Waals surface area contributed by atoms with Gasteiger partial charge in [-0.2, -0.15) is 0 Å². The van der Waals surface area contributed by atoms with Crippen LogP contribution in [0.5, 0.6) is 17.2 Å². The molecule has 3 rings (SSSR count). The van der Waals surface area contributed by atoms with E-state index in [2.05, 4.69) is 4.98 Å². The second kappa shape index (κ2) is 5.09. The first-order chi connectivity index (χ1) is 9.78. The van der Waals surface area contributed by atoms with Crippen molar-refractivity contribution in [3.8, 4) is 17.2 Å². The number of aromatic nitrogens is 1. The topological polar surface area (TPSA) is 57.4 Å². The minimum absolute atomic E-state index is 0.533. The van der Waals surface area contributed by atoms with Crippen molar-refractivity contribution < 1.29 is 9.47 Å². The number of hydrogen-bond acceptors (Lipinski definition) is 4. The summed E-state index contributed by atoms with van der Waals surface area (Å²) in [7, 11) is 1.60. The van der Waals surface area contributed by atoms with Crippen LogP contribution in [0, 0.1) is 0 Å². The lowest BCUT2D eigenvalue weighted by atomic mass is 10.2. The number of methoxy groups -OCH3 is 1. The number of rotatable bonds is 3. The van der Waals surface area contributed by atoms with Crippen molar-refractivity contribution in [3.05, 3.63) is 54.7 Å². The van der Waals surface area contributed by atoms with E-state index in [0.717, 1.165) is 16.7 Å². The quantitative estimate of drug-likeness (QED) is 0.736. The summed E-state index contributed by atoms with van der Waals surface area (Å²) in [6.45, 7) is 0. The summed E-state index contributed by atoms with van der Waals surface area (Å²) in [5.74, 6) is 2.03. The molecule has 1 heterocycles. The highest BCUT2D eigenvalue weighted by Crippen LogP contribution is 2.33. The van der Waals surface area contributed by atoms with Crippen LogP contribution in [0.1, 0.15) is 0 Å². The Hall–Kier alpha value is -2.75. The molecule has 3 aromatic rings. The largest absolute Gasteiger partial charge is 0.497 e. The Morgan fingerprint density at radius 1 is 1.00 bits per heavy atom. The highest BCUT2D eigenvalue weighted by Gasteiger charge is 2.07. The van der Waals surface area contributed by atoms with Crippen LogP contribution in [0.4, 0.5) is 5.69 Å². The fourth-order valence-electron chi connectivity index (χ4n) is 2.02. The van der Waals surface area contributed by atoms with Gasteiger partial charge in [0.25, 0.3) is 0 Å². The van der Waals surface area contributed by atoms with E-state index in [9.17, 15) is 0 Å². The summed E-state index contributed by atoms with van der Waals surface area (Å²) in [4.78, 5) is 4.30. The van der Waals surface area contributed by atoms with Crippen LogP contribution in [0.25, 0.3) is 10.9 Å². The van der Waals surface area contributed by atoms with Crippen molar-refractivity contribution in [2.24, 2.45) is 0 Å². The lowest BCUT2D eigenvalue weighted by Crippen LogP contribution is -1.94. The normalized spacial score (nSPS) is 10.4. The molecule has 2 N–H and O–H groups in total. The zero-order valence-electron chi connectivity index (χ0n) is 11.0. The molecule has 0 unspecified atom stereocenters. The van der Waals surface area contributed by atoms with Crippen molar-refractivity contribution in [2.75, 3.05) is 12.8 Å². The van der Waals surface area contributed by atoms with Crippen LogP contribution in [-0.2, 0) is 0 Å². The number of benzene rings is 2. The zero-order chi connectivity index (χ0) is 13.9. The molecule has 0 saturated heterocycles. The molecule has 4 nitrogen and oxygen atoms in total. The summed E-state index contributed by atoms with van der Waals surface area (Å²) in [5, 5.41) is 0.949. The van der Waals surface area contributed by atoms with Crippen LogP contribution in [0.2, 0.25) is 0 Å². The fraction of sp³-hybridized carbons (Fsp3) is 0.0625. The van der Waals surface area contributed by atoms with Crippen LogP contribution in [0.3, 0.4) is 0 Å². The van der Waals surface area contributed by atoms with Gasteiger partial charge in [0.05, 0.1) is 18.3 Å². The standard InChI is InChI=1S/C16H14N2O2/c1-19-11-6-7-16(13(17)10-11)20-15-8-9-18-14-5-3-2-4-12(14)15/h2-10H,17H2,1H3. The minimum atomic E-state index is 0.533. The number of anilines is 1. The van der Waals surface area contributed by atoms with Gasteiger partial charge in [0.15, 0.2) is 5.75 Å². The number of para-hydroxylation sites is 1. The highest BCUT2D eigenvalue weighted by molar-refractivity contribution is 5.85. The molecule has 0 amide bonds. The molecule has 0 aliphatic rings. The van der Waals surface area contributed by atoms with Crippen molar-refractivity contribution in [1.29, 1.82) is 0 Å². The van der Waals surface area contributed by atoms with Crippen LogP contribution in [0.15, 0.2) is 54.7 Å². The molecule has 2 aromatic carbocycles. The Bertz CT molecular complexity index is 751. The van der Waals surface area contributed by atoms with Gasteiger partial charge in [-0.1, -0.05) is 12.1 Å². The first kappa shape index (κ1) is 12.3. The van der Waals surface area contributed by atoms with E-state index in [1.165, 1.54) is 0 Å². The number of nitrogen functional groups attached to an aromatic ring is 1. The minimum Gasteiger partial charge on any atom is -0.497 e. The van der Waals surface area contributed by atoms with Gasteiger partial charge < -0.3 is 15.2 Å². The van der Waals surface area contributed by atoms with Gasteiger partial charge in [-0.3, -0.25) is 4.98 Å². The monoisotopic (exact) mass is 266 g/mol. The number of pyridine rings is 1. The molecule has 0 aliphatic carbocycles. The molecule has 0 atom stereocenters. The van der Waals surface area contributed by atoms with Gasteiger partial charge in [0, 0.05) is 17.6 Å². The van der Waals surface area contributed by atoms with Gasteiger partial charge in [-0.05, 0) is 30.3 Å². The molecule has 0 bridgehead atoms. The number of ether oxygens (including phenoxy) is 2. The van der Waals surface area contributed by atoms with E-state index in [4.69, 9.17) is 15.2 Å². The van der Waals surface area contributed by atoms with E-state index in [0.29, 0.717) is 17.2 Å². The van der Waals surface area contributed by atoms with Crippen LogP contribution >= 0.6 is 0 Å². The Labute approximate surface area is 116 Å². The Morgan fingerprint density at radius 3 is 2.65 bits per heavy atom. The predicted molar refractivity (Wildman–Crippen MR) is 79.2 cm³/mol. The van der Waals surface area contributed by atoms with E-state index >= 15 is 0 Å². The maximum absolute atomic E-state index is 5.97. The summed E-state index contributed by atoms with van der Waals surface area (Å²) < 4.78 is 11.0. The third-order valence-electron chi connectivity index (χ3n) is 3.05. The average molecular weight is 266 g/mol. The number of nitrogens with two attached hydrogens (primary N) is 1. The van der Waals surface area contributed by atoms with Crippen molar-refractivity contribution in [1.82, 2.24) is 4.98 Å². The van der Waals surface area contributed by atoms with Gasteiger partial charge in [-0.15, -0.1) is 0 Å². The van der Waals surface area contributed by atoms with Crippen LogP contribution in [-0.4, -0.2) is 12.1 Å². The summed E-state index contributed by atoms with van der Waals surface area (Å²) in [6.07, 6.45) is 1.72. The molecule has 0 radical (unpaired) electrons. The first-order valence-electron chi connectivity index (χ1n) is 6.23. The smallest absolute Gasteiger partial charge is 0.150 e.